The Labute approximate surface area is 108 Å². The van der Waals surface area contributed by atoms with E-state index in [2.05, 4.69) is 10.2 Å². The zero-order chi connectivity index (χ0) is 12.4. The van der Waals surface area contributed by atoms with Crippen molar-refractivity contribution in [3.8, 4) is 0 Å². The molecule has 0 spiro atoms. The number of halogens is 2. The minimum Gasteiger partial charge on any atom is -0.481 e. The van der Waals surface area contributed by atoms with Gasteiger partial charge in [0.1, 0.15) is 0 Å². The molecule has 0 radical (unpaired) electrons. The predicted octanol–water partition coefficient (Wildman–Crippen LogP) is 2.08. The van der Waals surface area contributed by atoms with Crippen molar-refractivity contribution in [1.82, 2.24) is 10.2 Å². The highest BCUT2D eigenvalue weighted by Gasteiger charge is 2.26. The van der Waals surface area contributed by atoms with Gasteiger partial charge in [-0.1, -0.05) is 23.2 Å². The fraction of sp³-hybridized carbons (Fsp3) is 0.500. The third-order valence-corrected chi connectivity index (χ3v) is 3.24. The summed E-state index contributed by atoms with van der Waals surface area (Å²) in [6.45, 7) is 1.42. The number of carbonyl (C=O) groups is 1. The molecule has 1 aliphatic heterocycles. The molecule has 0 aliphatic carbocycles. The Kier molecular flexibility index (Phi) is 3.69. The van der Waals surface area contributed by atoms with E-state index >= 15 is 0 Å². The van der Waals surface area contributed by atoms with Crippen LogP contribution in [0.3, 0.4) is 0 Å². The number of carboxylic acids is 1. The smallest absolute Gasteiger partial charge is 0.303 e. The van der Waals surface area contributed by atoms with Crippen LogP contribution in [0.25, 0.3) is 0 Å². The number of hydrogen-bond acceptors (Lipinski definition) is 4. The maximum Gasteiger partial charge on any atom is 0.303 e. The second-order valence-corrected chi connectivity index (χ2v) is 4.79. The third kappa shape index (κ3) is 2.98. The quantitative estimate of drug-likeness (QED) is 0.915. The minimum atomic E-state index is -0.770. The van der Waals surface area contributed by atoms with Crippen LogP contribution in [-0.2, 0) is 4.79 Å². The van der Waals surface area contributed by atoms with Gasteiger partial charge in [0.2, 0.25) is 0 Å². The first-order chi connectivity index (χ1) is 8.06. The summed E-state index contributed by atoms with van der Waals surface area (Å²) in [6.07, 6.45) is 1.02. The first kappa shape index (κ1) is 12.4. The summed E-state index contributed by atoms with van der Waals surface area (Å²) in [5.41, 5.74) is 0.722. The number of carboxylic acid groups (broad SMARTS) is 1. The number of aromatic nitrogens is 2. The molecule has 92 valence electrons. The van der Waals surface area contributed by atoms with Crippen molar-refractivity contribution < 1.29 is 9.90 Å². The second-order valence-electron chi connectivity index (χ2n) is 4.04. The van der Waals surface area contributed by atoms with Gasteiger partial charge in [-0.05, 0) is 12.3 Å². The summed E-state index contributed by atoms with van der Waals surface area (Å²) in [5, 5.41) is 16.7. The Morgan fingerprint density at radius 3 is 3.00 bits per heavy atom. The van der Waals surface area contributed by atoms with Crippen molar-refractivity contribution in [3.05, 3.63) is 16.4 Å². The standard InChI is InChI=1S/C10H11Cl2N3O2/c11-8-4-7(10(12)14-13-8)15-2-1-6(5-15)3-9(16)17/h4,6H,1-3,5H2,(H,16,17). The molecule has 17 heavy (non-hydrogen) atoms. The van der Waals surface area contributed by atoms with E-state index in [1.807, 2.05) is 4.90 Å². The van der Waals surface area contributed by atoms with E-state index in [9.17, 15) is 4.79 Å². The van der Waals surface area contributed by atoms with Crippen LogP contribution in [0.2, 0.25) is 10.3 Å². The van der Waals surface area contributed by atoms with Gasteiger partial charge in [0.05, 0.1) is 5.69 Å². The molecule has 0 bridgehead atoms. The Hall–Kier alpha value is -1.07. The monoisotopic (exact) mass is 275 g/mol. The Morgan fingerprint density at radius 2 is 2.29 bits per heavy atom. The van der Waals surface area contributed by atoms with Crippen molar-refractivity contribution in [2.24, 2.45) is 5.92 Å². The van der Waals surface area contributed by atoms with Crippen molar-refractivity contribution in [1.29, 1.82) is 0 Å². The van der Waals surface area contributed by atoms with Crippen LogP contribution < -0.4 is 4.90 Å². The van der Waals surface area contributed by atoms with Crippen LogP contribution in [0.5, 0.6) is 0 Å². The number of anilines is 1. The molecule has 1 saturated heterocycles. The van der Waals surface area contributed by atoms with E-state index in [0.29, 0.717) is 11.7 Å². The van der Waals surface area contributed by atoms with Crippen molar-refractivity contribution >= 4 is 34.9 Å². The molecule has 5 nitrogen and oxygen atoms in total. The molecule has 7 heteroatoms. The summed E-state index contributed by atoms with van der Waals surface area (Å²) in [4.78, 5) is 12.6. The van der Waals surface area contributed by atoms with E-state index in [0.717, 1.165) is 18.7 Å². The largest absolute Gasteiger partial charge is 0.481 e. The maximum atomic E-state index is 10.6. The lowest BCUT2D eigenvalue weighted by Gasteiger charge is -2.18. The number of nitrogens with zero attached hydrogens (tertiary/aromatic N) is 3. The fourth-order valence-electron chi connectivity index (χ4n) is 2.03. The van der Waals surface area contributed by atoms with E-state index in [1.54, 1.807) is 6.07 Å². The highest BCUT2D eigenvalue weighted by atomic mass is 35.5. The van der Waals surface area contributed by atoms with Crippen LogP contribution in [0.4, 0.5) is 5.69 Å². The predicted molar refractivity (Wildman–Crippen MR) is 64.6 cm³/mol. The summed E-state index contributed by atoms with van der Waals surface area (Å²) >= 11 is 11.7. The molecule has 1 aliphatic rings. The molecule has 2 rings (SSSR count). The fourth-order valence-corrected chi connectivity index (χ4v) is 2.38. The van der Waals surface area contributed by atoms with Crippen LogP contribution in [0, 0.1) is 5.92 Å². The molecule has 1 N–H and O–H groups in total. The van der Waals surface area contributed by atoms with Gasteiger partial charge >= 0.3 is 5.97 Å². The Bertz CT molecular complexity index is 442. The molecule has 1 aromatic heterocycles. The van der Waals surface area contributed by atoms with Crippen LogP contribution >= 0.6 is 23.2 Å². The minimum absolute atomic E-state index is 0.149. The molecule has 0 amide bonds. The van der Waals surface area contributed by atoms with Crippen molar-refractivity contribution in [3.63, 3.8) is 0 Å². The summed E-state index contributed by atoms with van der Waals surface area (Å²) in [6, 6.07) is 1.65. The number of aliphatic carboxylic acids is 1. The zero-order valence-electron chi connectivity index (χ0n) is 8.94. The third-order valence-electron chi connectivity index (χ3n) is 2.79. The highest BCUT2D eigenvalue weighted by molar-refractivity contribution is 6.33. The normalized spacial score (nSPS) is 19.6. The molecule has 0 aromatic carbocycles. The Balaban J connectivity index is 2.09. The molecule has 2 heterocycles. The lowest BCUT2D eigenvalue weighted by molar-refractivity contribution is -0.137. The first-order valence-corrected chi connectivity index (χ1v) is 5.97. The lowest BCUT2D eigenvalue weighted by atomic mass is 10.1. The number of rotatable bonds is 3. The van der Waals surface area contributed by atoms with E-state index < -0.39 is 5.97 Å². The van der Waals surface area contributed by atoms with Gasteiger partial charge < -0.3 is 10.0 Å². The van der Waals surface area contributed by atoms with E-state index in [4.69, 9.17) is 28.3 Å². The summed E-state index contributed by atoms with van der Waals surface area (Å²) in [7, 11) is 0. The van der Waals surface area contributed by atoms with Gasteiger partial charge in [-0.2, -0.15) is 0 Å². The second kappa shape index (κ2) is 5.06. The summed E-state index contributed by atoms with van der Waals surface area (Å²) in [5.74, 6) is -0.621. The molecule has 1 unspecified atom stereocenters. The maximum absolute atomic E-state index is 10.6. The van der Waals surface area contributed by atoms with Crippen LogP contribution in [0.15, 0.2) is 6.07 Å². The topological polar surface area (TPSA) is 66.3 Å². The SMILES string of the molecule is O=C(O)CC1CCN(c2cc(Cl)nnc2Cl)C1. The average Bonchev–Trinajstić information content (AvgIpc) is 2.69. The van der Waals surface area contributed by atoms with Gasteiger partial charge in [-0.3, -0.25) is 4.79 Å². The molecule has 1 fully saturated rings. The molecule has 0 saturated carbocycles. The van der Waals surface area contributed by atoms with Gasteiger partial charge in [-0.15, -0.1) is 10.2 Å². The van der Waals surface area contributed by atoms with E-state index in [-0.39, 0.29) is 17.5 Å². The number of hydrogen-bond donors (Lipinski definition) is 1. The van der Waals surface area contributed by atoms with Crippen molar-refractivity contribution in [2.45, 2.75) is 12.8 Å². The Morgan fingerprint density at radius 1 is 1.53 bits per heavy atom. The molecule has 1 atom stereocenters. The average molecular weight is 276 g/mol. The van der Waals surface area contributed by atoms with Crippen LogP contribution in [-0.4, -0.2) is 34.4 Å². The molecular weight excluding hydrogens is 265 g/mol. The van der Waals surface area contributed by atoms with E-state index in [1.165, 1.54) is 0 Å². The van der Waals surface area contributed by atoms with Gasteiger partial charge in [-0.25, -0.2) is 0 Å². The highest BCUT2D eigenvalue weighted by Crippen LogP contribution is 2.31. The van der Waals surface area contributed by atoms with Gasteiger partial charge in [0.15, 0.2) is 10.3 Å². The zero-order valence-corrected chi connectivity index (χ0v) is 10.4. The van der Waals surface area contributed by atoms with Gasteiger partial charge in [0.25, 0.3) is 0 Å². The first-order valence-electron chi connectivity index (χ1n) is 5.21. The molecule has 1 aromatic rings. The van der Waals surface area contributed by atoms with Crippen LogP contribution in [0.1, 0.15) is 12.8 Å². The molecular formula is C10H11Cl2N3O2. The summed E-state index contributed by atoms with van der Waals surface area (Å²) < 4.78 is 0. The lowest BCUT2D eigenvalue weighted by Crippen LogP contribution is -2.21. The van der Waals surface area contributed by atoms with Crippen molar-refractivity contribution in [2.75, 3.05) is 18.0 Å². The van der Waals surface area contributed by atoms with Gasteiger partial charge in [0, 0.05) is 25.6 Å².